The van der Waals surface area contributed by atoms with Crippen LogP contribution in [0, 0.1) is 0 Å². The molecule has 240 valence electrons. The number of nitrogens with zero attached hydrogens (tertiary/aromatic N) is 3. The summed E-state index contributed by atoms with van der Waals surface area (Å²) in [5, 5.41) is 12.7. The Morgan fingerprint density at radius 1 is 0.580 bits per heavy atom. The summed E-state index contributed by atoms with van der Waals surface area (Å²) < 4.78 is 4.97. The molecule has 8 aromatic rings. The molecule has 0 amide bonds. The van der Waals surface area contributed by atoms with Gasteiger partial charge >= 0.3 is 0 Å². The smallest absolute Gasteiger partial charge is 0.131 e. The lowest BCUT2D eigenvalue weighted by atomic mass is 9.98. The average Bonchev–Trinajstić information content (AvgIpc) is 3.70. The minimum Gasteiger partial charge on any atom is -0.350 e. The number of hydrogen-bond donors (Lipinski definition) is 2. The number of para-hydroxylation sites is 3. The summed E-state index contributed by atoms with van der Waals surface area (Å²) in [5.41, 5.74) is 9.53. The largest absolute Gasteiger partial charge is 0.350 e. The number of hydrogen-bond acceptors (Lipinski definition) is 3. The molecule has 10 rings (SSSR count). The van der Waals surface area contributed by atoms with E-state index >= 15 is 0 Å². The van der Waals surface area contributed by atoms with E-state index in [0.717, 1.165) is 23.4 Å². The van der Waals surface area contributed by atoms with Gasteiger partial charge in [0, 0.05) is 38.3 Å². The van der Waals surface area contributed by atoms with E-state index in [2.05, 4.69) is 184 Å². The predicted molar refractivity (Wildman–Crippen MR) is 207 cm³/mol. The molecule has 1 aliphatic heterocycles. The Kier molecular flexibility index (Phi) is 6.78. The fourth-order valence-electron chi connectivity index (χ4n) is 8.01. The summed E-state index contributed by atoms with van der Waals surface area (Å²) >= 11 is 0. The summed E-state index contributed by atoms with van der Waals surface area (Å²) in [4.78, 5) is 5.13. The number of nitrogens with one attached hydrogen (secondary N) is 2. The molecule has 0 saturated carbocycles. The maximum absolute atomic E-state index is 5.13. The third kappa shape index (κ3) is 4.70. The van der Waals surface area contributed by atoms with E-state index in [1.807, 2.05) is 6.07 Å². The number of fused-ring (bicyclic) bond motifs is 6. The van der Waals surface area contributed by atoms with Gasteiger partial charge in [-0.05, 0) is 54.0 Å². The molecular weight excluding hydrogens is 611 g/mol. The highest BCUT2D eigenvalue weighted by atomic mass is 15.3. The van der Waals surface area contributed by atoms with E-state index in [4.69, 9.17) is 4.99 Å². The zero-order valence-corrected chi connectivity index (χ0v) is 27.4. The van der Waals surface area contributed by atoms with Gasteiger partial charge in [0.25, 0.3) is 0 Å². The minimum atomic E-state index is -0.172. The van der Waals surface area contributed by atoms with Gasteiger partial charge in [-0.1, -0.05) is 133 Å². The van der Waals surface area contributed by atoms with Crippen molar-refractivity contribution in [2.24, 2.45) is 4.99 Å². The van der Waals surface area contributed by atoms with Gasteiger partial charge in [-0.3, -0.25) is 5.32 Å². The maximum atomic E-state index is 5.13. The van der Waals surface area contributed by atoms with Crippen molar-refractivity contribution in [3.05, 3.63) is 187 Å². The first-order valence-electron chi connectivity index (χ1n) is 17.4. The Balaban J connectivity index is 1.13. The summed E-state index contributed by atoms with van der Waals surface area (Å²) in [5.74, 6) is 0.896. The number of allylic oxidation sites excluding steroid dienone is 2. The molecule has 2 aromatic heterocycles. The van der Waals surface area contributed by atoms with E-state index in [1.165, 1.54) is 54.9 Å². The van der Waals surface area contributed by atoms with Crippen LogP contribution in [0.15, 0.2) is 180 Å². The van der Waals surface area contributed by atoms with Crippen LogP contribution in [-0.2, 0) is 0 Å². The summed E-state index contributed by atoms with van der Waals surface area (Å²) in [6.45, 7) is 0. The number of aromatic nitrogens is 2. The van der Waals surface area contributed by atoms with E-state index in [1.54, 1.807) is 0 Å². The van der Waals surface area contributed by atoms with E-state index in [0.29, 0.717) is 0 Å². The van der Waals surface area contributed by atoms with Gasteiger partial charge in [-0.25, -0.2) is 4.99 Å². The van der Waals surface area contributed by atoms with Crippen molar-refractivity contribution in [3.8, 4) is 5.69 Å². The standard InChI is InChI=1S/C45H35N5/c1-4-15-30(16-5-1)43-46-44(31-17-6-2-7-18-31)48-45(47-43)32-19-14-22-34(27-32)50-40-26-13-11-24-36(40)38-28-37-35-23-10-12-25-39(35)49(41(37)29-42(38)50)33-20-8-3-9-21-33/h1-21,23-29,34,43,45,47H,22H2,(H,46,48). The van der Waals surface area contributed by atoms with Gasteiger partial charge < -0.3 is 14.5 Å². The van der Waals surface area contributed by atoms with Gasteiger partial charge in [0.05, 0.1) is 22.6 Å². The summed E-state index contributed by atoms with van der Waals surface area (Å²) in [6, 6.07) is 54.3. The fourth-order valence-corrected chi connectivity index (χ4v) is 8.01. The van der Waals surface area contributed by atoms with Crippen molar-refractivity contribution in [1.82, 2.24) is 19.8 Å². The van der Waals surface area contributed by atoms with E-state index in [9.17, 15) is 0 Å². The molecule has 3 atom stereocenters. The van der Waals surface area contributed by atoms with Crippen molar-refractivity contribution < 1.29 is 0 Å². The Morgan fingerprint density at radius 3 is 2.00 bits per heavy atom. The number of benzene rings is 6. The molecular formula is C45H35N5. The third-order valence-electron chi connectivity index (χ3n) is 10.3. The second kappa shape index (κ2) is 11.8. The number of rotatable bonds is 5. The van der Waals surface area contributed by atoms with Gasteiger partial charge in [0.15, 0.2) is 0 Å². The topological polar surface area (TPSA) is 46.3 Å². The highest BCUT2D eigenvalue weighted by Gasteiger charge is 2.28. The molecule has 2 N–H and O–H groups in total. The molecule has 50 heavy (non-hydrogen) atoms. The van der Waals surface area contributed by atoms with Crippen molar-refractivity contribution in [2.45, 2.75) is 24.8 Å². The van der Waals surface area contributed by atoms with E-state index < -0.39 is 0 Å². The number of aliphatic imine (C=N–C) groups is 1. The minimum absolute atomic E-state index is 0.118. The molecule has 3 unspecified atom stereocenters. The first-order chi connectivity index (χ1) is 24.8. The molecule has 3 heterocycles. The molecule has 0 spiro atoms. The highest BCUT2D eigenvalue weighted by molar-refractivity contribution is 6.18. The second-order valence-electron chi connectivity index (χ2n) is 13.2. The zero-order valence-electron chi connectivity index (χ0n) is 27.4. The van der Waals surface area contributed by atoms with Crippen LogP contribution >= 0.6 is 0 Å². The molecule has 0 saturated heterocycles. The molecule has 5 heteroatoms. The Morgan fingerprint density at radius 2 is 1.22 bits per heavy atom. The van der Waals surface area contributed by atoms with Crippen LogP contribution in [0.5, 0.6) is 0 Å². The van der Waals surface area contributed by atoms with Crippen LogP contribution in [0.4, 0.5) is 0 Å². The SMILES string of the molecule is C1=CC(C2NC(c3ccccc3)=NC(c3ccccc3)N2)=CC(n2c3ccccc3c3cc4c5ccccc5n(-c5ccccc5)c4cc32)C1. The number of amidine groups is 1. The third-order valence-corrected chi connectivity index (χ3v) is 10.3. The average molecular weight is 646 g/mol. The quantitative estimate of drug-likeness (QED) is 0.196. The summed E-state index contributed by atoms with van der Waals surface area (Å²) in [7, 11) is 0. The summed E-state index contributed by atoms with van der Waals surface area (Å²) in [6.07, 6.45) is 7.67. The van der Waals surface area contributed by atoms with Gasteiger partial charge in [0.1, 0.15) is 18.2 Å². The van der Waals surface area contributed by atoms with Crippen LogP contribution in [0.25, 0.3) is 49.3 Å². The Bertz CT molecular complexity index is 2630. The fraction of sp³-hybridized carbons (Fsp3) is 0.0889. The molecule has 5 nitrogen and oxygen atoms in total. The van der Waals surface area contributed by atoms with Crippen LogP contribution in [0.2, 0.25) is 0 Å². The van der Waals surface area contributed by atoms with Crippen LogP contribution < -0.4 is 10.6 Å². The first kappa shape index (κ1) is 28.8. The van der Waals surface area contributed by atoms with E-state index in [-0.39, 0.29) is 18.4 Å². The highest BCUT2D eigenvalue weighted by Crippen LogP contribution is 2.41. The molecule has 1 aliphatic carbocycles. The first-order valence-corrected chi connectivity index (χ1v) is 17.4. The van der Waals surface area contributed by atoms with Crippen LogP contribution in [0.3, 0.4) is 0 Å². The van der Waals surface area contributed by atoms with Gasteiger partial charge in [-0.15, -0.1) is 0 Å². The van der Waals surface area contributed by atoms with Crippen LogP contribution in [-0.4, -0.2) is 21.1 Å². The molecule has 0 fully saturated rings. The lowest BCUT2D eigenvalue weighted by Gasteiger charge is -2.34. The van der Waals surface area contributed by atoms with Crippen molar-refractivity contribution in [3.63, 3.8) is 0 Å². The Labute approximate surface area is 290 Å². The molecule has 0 bridgehead atoms. The van der Waals surface area contributed by atoms with Gasteiger partial charge in [0.2, 0.25) is 0 Å². The lowest BCUT2D eigenvalue weighted by Crippen LogP contribution is -2.52. The van der Waals surface area contributed by atoms with Crippen LogP contribution in [0.1, 0.15) is 29.8 Å². The van der Waals surface area contributed by atoms with Crippen molar-refractivity contribution >= 4 is 49.4 Å². The lowest BCUT2D eigenvalue weighted by molar-refractivity contribution is 0.437. The van der Waals surface area contributed by atoms with Crippen molar-refractivity contribution in [1.29, 1.82) is 0 Å². The Hall–Kier alpha value is -6.17. The van der Waals surface area contributed by atoms with Gasteiger partial charge in [-0.2, -0.15) is 0 Å². The maximum Gasteiger partial charge on any atom is 0.131 e. The monoisotopic (exact) mass is 645 g/mol. The molecule has 2 aliphatic rings. The second-order valence-corrected chi connectivity index (χ2v) is 13.2. The molecule has 0 radical (unpaired) electrons. The normalized spacial score (nSPS) is 19.2. The zero-order chi connectivity index (χ0) is 33.0. The molecule has 6 aromatic carbocycles. The van der Waals surface area contributed by atoms with Crippen molar-refractivity contribution in [2.75, 3.05) is 0 Å². The predicted octanol–water partition coefficient (Wildman–Crippen LogP) is 9.98.